The lowest BCUT2D eigenvalue weighted by Crippen LogP contribution is -2.41. The van der Waals surface area contributed by atoms with Gasteiger partial charge in [0, 0.05) is 5.82 Å². The van der Waals surface area contributed by atoms with Crippen molar-refractivity contribution in [2.45, 2.75) is 71.4 Å². The minimum Gasteiger partial charge on any atom is -0.403 e. The van der Waals surface area contributed by atoms with Gasteiger partial charge in [-0.2, -0.15) is 0 Å². The van der Waals surface area contributed by atoms with E-state index in [4.69, 9.17) is 9.31 Å². The summed E-state index contributed by atoms with van der Waals surface area (Å²) in [4.78, 5) is 0. The van der Waals surface area contributed by atoms with Gasteiger partial charge in [-0.25, -0.2) is 0 Å². The molecule has 1 heterocycles. The summed E-state index contributed by atoms with van der Waals surface area (Å²) in [6.45, 7) is 16.5. The van der Waals surface area contributed by atoms with Gasteiger partial charge in [-0.1, -0.05) is 26.8 Å². The number of rotatable bonds is 5. The molecule has 0 aliphatic carbocycles. The fraction of sp³-hybridized carbons (Fsp3) is 0.800. The molecule has 1 rings (SSSR count). The molecule has 0 radical (unpaired) electrons. The Balaban J connectivity index is 2.81. The molecule has 1 saturated heterocycles. The zero-order valence-electron chi connectivity index (χ0n) is 12.7. The fourth-order valence-corrected chi connectivity index (χ4v) is 2.10. The minimum absolute atomic E-state index is 0.182. The molecule has 1 fully saturated rings. The summed E-state index contributed by atoms with van der Waals surface area (Å²) >= 11 is 0. The van der Waals surface area contributed by atoms with Crippen LogP contribution in [0.15, 0.2) is 18.4 Å². The summed E-state index contributed by atoms with van der Waals surface area (Å²) in [5.41, 5.74) is 2.37. The fourth-order valence-electron chi connectivity index (χ4n) is 2.10. The third-order valence-electron chi connectivity index (χ3n) is 4.32. The maximum Gasteiger partial charge on any atom is 0.465 e. The molecule has 0 spiro atoms. The zero-order valence-corrected chi connectivity index (χ0v) is 12.7. The Kier molecular flexibility index (Phi) is 4.88. The van der Waals surface area contributed by atoms with Crippen LogP contribution in [0.2, 0.25) is 5.82 Å². The molecular weight excluding hydrogens is 223 g/mol. The topological polar surface area (TPSA) is 18.5 Å². The van der Waals surface area contributed by atoms with E-state index in [-0.39, 0.29) is 24.1 Å². The summed E-state index contributed by atoms with van der Waals surface area (Å²) in [6, 6.07) is 0. The molecule has 2 nitrogen and oxygen atoms in total. The van der Waals surface area contributed by atoms with Crippen molar-refractivity contribution in [1.29, 1.82) is 0 Å². The van der Waals surface area contributed by atoms with Gasteiger partial charge >= 0.3 is 7.12 Å². The van der Waals surface area contributed by atoms with E-state index in [0.717, 1.165) is 6.42 Å². The number of hydrogen-bond acceptors (Lipinski definition) is 2. The van der Waals surface area contributed by atoms with Crippen LogP contribution in [0.4, 0.5) is 0 Å². The van der Waals surface area contributed by atoms with Crippen LogP contribution in [0.25, 0.3) is 0 Å². The van der Waals surface area contributed by atoms with Crippen LogP contribution in [-0.4, -0.2) is 18.3 Å². The maximum absolute atomic E-state index is 6.10. The molecule has 0 N–H and O–H groups in total. The van der Waals surface area contributed by atoms with Gasteiger partial charge in [0.2, 0.25) is 0 Å². The lowest BCUT2D eigenvalue weighted by molar-refractivity contribution is 0.00578. The lowest BCUT2D eigenvalue weighted by Gasteiger charge is -2.32. The van der Waals surface area contributed by atoms with Gasteiger partial charge in [-0.05, 0) is 46.1 Å². The van der Waals surface area contributed by atoms with Gasteiger partial charge in [-0.3, -0.25) is 0 Å². The highest BCUT2D eigenvalue weighted by Gasteiger charge is 2.53. The molecule has 0 aromatic rings. The zero-order chi connectivity index (χ0) is 14.0. The molecule has 2 unspecified atom stereocenters. The molecule has 102 valence electrons. The molecule has 0 saturated carbocycles. The van der Waals surface area contributed by atoms with Gasteiger partial charge in [0.1, 0.15) is 0 Å². The van der Waals surface area contributed by atoms with Crippen molar-refractivity contribution in [2.24, 2.45) is 5.92 Å². The summed E-state index contributed by atoms with van der Waals surface area (Å²) < 4.78 is 12.2. The summed E-state index contributed by atoms with van der Waals surface area (Å²) in [6.07, 6.45) is 4.21. The van der Waals surface area contributed by atoms with Crippen molar-refractivity contribution in [3.8, 4) is 0 Å². The second-order valence-electron chi connectivity index (χ2n) is 6.41. The maximum atomic E-state index is 6.10. The van der Waals surface area contributed by atoms with E-state index >= 15 is 0 Å². The van der Waals surface area contributed by atoms with Crippen molar-refractivity contribution in [1.82, 2.24) is 0 Å². The van der Waals surface area contributed by atoms with Crippen LogP contribution in [0, 0.1) is 5.92 Å². The van der Waals surface area contributed by atoms with E-state index in [0.29, 0.717) is 5.92 Å². The Labute approximate surface area is 113 Å². The van der Waals surface area contributed by atoms with E-state index in [1.165, 1.54) is 6.42 Å². The van der Waals surface area contributed by atoms with E-state index < -0.39 is 0 Å². The highest BCUT2D eigenvalue weighted by atomic mass is 16.7. The molecule has 1 aliphatic rings. The van der Waals surface area contributed by atoms with Gasteiger partial charge < -0.3 is 9.31 Å². The molecular formula is C15H27BO2. The predicted molar refractivity (Wildman–Crippen MR) is 77.6 cm³/mol. The molecule has 3 heteroatoms. The Morgan fingerprint density at radius 1 is 1.22 bits per heavy atom. The SMILES string of the molecule is C=C=CC(CC(C)CC)B1OC(C)(C)C(C)(C)O1. The largest absolute Gasteiger partial charge is 0.465 e. The van der Waals surface area contributed by atoms with Crippen LogP contribution >= 0.6 is 0 Å². The molecule has 2 atom stereocenters. The van der Waals surface area contributed by atoms with Gasteiger partial charge in [-0.15, -0.1) is 5.73 Å². The molecule has 0 aromatic heterocycles. The first-order chi connectivity index (χ1) is 8.23. The van der Waals surface area contributed by atoms with Crippen LogP contribution in [0.5, 0.6) is 0 Å². The average molecular weight is 250 g/mol. The van der Waals surface area contributed by atoms with Crippen LogP contribution in [-0.2, 0) is 9.31 Å². The lowest BCUT2D eigenvalue weighted by atomic mass is 9.67. The summed E-state index contributed by atoms with van der Waals surface area (Å²) in [5.74, 6) is 0.886. The smallest absolute Gasteiger partial charge is 0.403 e. The quantitative estimate of drug-likeness (QED) is 0.537. The molecule has 1 aliphatic heterocycles. The van der Waals surface area contributed by atoms with E-state index in [9.17, 15) is 0 Å². The van der Waals surface area contributed by atoms with Crippen molar-refractivity contribution in [3.63, 3.8) is 0 Å². The van der Waals surface area contributed by atoms with Crippen LogP contribution in [0.1, 0.15) is 54.4 Å². The van der Waals surface area contributed by atoms with Gasteiger partial charge in [0.05, 0.1) is 11.2 Å². The monoisotopic (exact) mass is 250 g/mol. The van der Waals surface area contributed by atoms with E-state index in [1.807, 2.05) is 6.08 Å². The predicted octanol–water partition coefficient (Wildman–Crippen LogP) is 4.23. The number of allylic oxidation sites excluding steroid dienone is 1. The molecule has 18 heavy (non-hydrogen) atoms. The Morgan fingerprint density at radius 3 is 2.11 bits per heavy atom. The normalized spacial score (nSPS) is 24.4. The Morgan fingerprint density at radius 2 is 1.72 bits per heavy atom. The highest BCUT2D eigenvalue weighted by Crippen LogP contribution is 2.41. The molecule has 0 aromatic carbocycles. The third kappa shape index (κ3) is 3.29. The van der Waals surface area contributed by atoms with Crippen LogP contribution in [0.3, 0.4) is 0 Å². The number of hydrogen-bond donors (Lipinski definition) is 0. The second kappa shape index (κ2) is 5.65. The van der Waals surface area contributed by atoms with Crippen LogP contribution < -0.4 is 0 Å². The first kappa shape index (κ1) is 15.6. The minimum atomic E-state index is -0.264. The third-order valence-corrected chi connectivity index (χ3v) is 4.32. The first-order valence-electron chi connectivity index (χ1n) is 6.95. The molecule has 0 amide bonds. The van der Waals surface area contributed by atoms with E-state index in [2.05, 4.69) is 53.9 Å². The van der Waals surface area contributed by atoms with E-state index in [1.54, 1.807) is 0 Å². The first-order valence-corrected chi connectivity index (χ1v) is 6.95. The van der Waals surface area contributed by atoms with Crippen molar-refractivity contribution < 1.29 is 9.31 Å². The Hall–Kier alpha value is -0.495. The summed E-state index contributed by atoms with van der Waals surface area (Å²) in [7, 11) is -0.182. The highest BCUT2D eigenvalue weighted by molar-refractivity contribution is 6.48. The van der Waals surface area contributed by atoms with Crippen molar-refractivity contribution in [2.75, 3.05) is 0 Å². The van der Waals surface area contributed by atoms with Crippen molar-refractivity contribution in [3.05, 3.63) is 18.4 Å². The Bertz CT molecular complexity index is 313. The molecule has 0 bridgehead atoms. The summed E-state index contributed by atoms with van der Waals surface area (Å²) in [5, 5.41) is 0. The second-order valence-corrected chi connectivity index (χ2v) is 6.41. The van der Waals surface area contributed by atoms with Crippen molar-refractivity contribution >= 4 is 7.12 Å². The average Bonchev–Trinajstić information content (AvgIpc) is 2.47. The standard InChI is InChI=1S/C15H27BO2/c1-8-10-13(11-12(3)9-2)16-17-14(4,5)15(6,7)18-16/h10,12-13H,1,9,11H2,2-7H3. The van der Waals surface area contributed by atoms with Gasteiger partial charge in [0.25, 0.3) is 0 Å². The van der Waals surface area contributed by atoms with Gasteiger partial charge in [0.15, 0.2) is 0 Å².